The van der Waals surface area contributed by atoms with Gasteiger partial charge in [0.05, 0.1) is 10.5 Å². The maximum absolute atomic E-state index is 12.3. The Labute approximate surface area is 135 Å². The number of hydrogen-bond acceptors (Lipinski definition) is 4. The highest BCUT2D eigenvalue weighted by Crippen LogP contribution is 2.17. The van der Waals surface area contributed by atoms with Gasteiger partial charge in [0.2, 0.25) is 10.0 Å². The van der Waals surface area contributed by atoms with Crippen molar-refractivity contribution < 1.29 is 18.3 Å². The first-order chi connectivity index (χ1) is 10.8. The fourth-order valence-corrected chi connectivity index (χ4v) is 3.52. The highest BCUT2D eigenvalue weighted by Gasteiger charge is 2.17. The van der Waals surface area contributed by atoms with Crippen molar-refractivity contribution in [2.75, 3.05) is 6.54 Å². The maximum atomic E-state index is 12.3. The van der Waals surface area contributed by atoms with E-state index in [0.717, 1.165) is 11.3 Å². The Morgan fingerprint density at radius 3 is 2.61 bits per heavy atom. The number of carboxylic acids is 1. The highest BCUT2D eigenvalue weighted by molar-refractivity contribution is 7.89. The molecule has 1 aromatic carbocycles. The molecule has 7 heteroatoms. The van der Waals surface area contributed by atoms with Gasteiger partial charge < -0.3 is 5.11 Å². The number of aromatic carboxylic acids is 1. The molecule has 2 aromatic rings. The lowest BCUT2D eigenvalue weighted by atomic mass is 10.1. The second-order valence-electron chi connectivity index (χ2n) is 5.18. The Balaban J connectivity index is 2.10. The summed E-state index contributed by atoms with van der Waals surface area (Å²) < 4.78 is 27.2. The van der Waals surface area contributed by atoms with E-state index < -0.39 is 16.0 Å². The molecule has 0 bridgehead atoms. The van der Waals surface area contributed by atoms with Gasteiger partial charge in [-0.1, -0.05) is 6.07 Å². The van der Waals surface area contributed by atoms with Crippen LogP contribution in [0.5, 0.6) is 0 Å². The minimum atomic E-state index is -3.68. The van der Waals surface area contributed by atoms with Gasteiger partial charge in [0.15, 0.2) is 0 Å². The van der Waals surface area contributed by atoms with Crippen LogP contribution in [0.4, 0.5) is 0 Å². The van der Waals surface area contributed by atoms with Gasteiger partial charge in [-0.05, 0) is 55.7 Å². The Hall–Kier alpha value is -2.25. The zero-order chi connectivity index (χ0) is 17.0. The van der Waals surface area contributed by atoms with E-state index >= 15 is 0 Å². The largest absolute Gasteiger partial charge is 0.478 e. The average molecular weight is 334 g/mol. The third kappa shape index (κ3) is 4.14. The zero-order valence-corrected chi connectivity index (χ0v) is 13.7. The third-order valence-corrected chi connectivity index (χ3v) is 5.14. The molecule has 0 spiro atoms. The number of benzene rings is 1. The van der Waals surface area contributed by atoms with Gasteiger partial charge in [0, 0.05) is 18.4 Å². The lowest BCUT2D eigenvalue weighted by Gasteiger charge is -2.10. The lowest BCUT2D eigenvalue weighted by molar-refractivity contribution is 0.0696. The van der Waals surface area contributed by atoms with E-state index in [4.69, 9.17) is 5.11 Å². The molecule has 0 aliphatic rings. The topological polar surface area (TPSA) is 96.4 Å². The molecular formula is C16H18N2O4S. The molecule has 0 unspecified atom stereocenters. The van der Waals surface area contributed by atoms with Crippen molar-refractivity contribution in [3.63, 3.8) is 0 Å². The summed E-state index contributed by atoms with van der Waals surface area (Å²) in [6.45, 7) is 3.69. The fourth-order valence-electron chi connectivity index (χ4n) is 2.26. The highest BCUT2D eigenvalue weighted by atomic mass is 32.2. The number of carbonyl (C=O) groups is 1. The summed E-state index contributed by atoms with van der Waals surface area (Å²) in [5.41, 5.74) is 2.31. The predicted octanol–water partition coefficient (Wildman–Crippen LogP) is 1.92. The van der Waals surface area contributed by atoms with E-state index in [1.54, 1.807) is 13.1 Å². The maximum Gasteiger partial charge on any atom is 0.335 e. The monoisotopic (exact) mass is 334 g/mol. The van der Waals surface area contributed by atoms with Crippen LogP contribution < -0.4 is 4.72 Å². The summed E-state index contributed by atoms with van der Waals surface area (Å²) in [4.78, 5) is 15.2. The molecule has 1 heterocycles. The number of carboxylic acid groups (broad SMARTS) is 1. The van der Waals surface area contributed by atoms with E-state index in [-0.39, 0.29) is 17.0 Å². The molecule has 0 saturated heterocycles. The Morgan fingerprint density at radius 2 is 2.00 bits per heavy atom. The average Bonchev–Trinajstić information content (AvgIpc) is 2.48. The minimum Gasteiger partial charge on any atom is -0.478 e. The SMILES string of the molecule is Cc1cc(C(=O)O)ccc1S(=O)(=O)NCCc1cccnc1C. The molecule has 0 aliphatic carbocycles. The van der Waals surface area contributed by atoms with Gasteiger partial charge in [-0.2, -0.15) is 0 Å². The number of pyridine rings is 1. The number of rotatable bonds is 6. The van der Waals surface area contributed by atoms with Gasteiger partial charge in [0.1, 0.15) is 0 Å². The van der Waals surface area contributed by atoms with Crippen LogP contribution in [0.2, 0.25) is 0 Å². The standard InChI is InChI=1S/C16H18N2O4S/c1-11-10-14(16(19)20)5-6-15(11)23(21,22)18-9-7-13-4-3-8-17-12(13)2/h3-6,8,10,18H,7,9H2,1-2H3,(H,19,20). The number of nitrogens with zero attached hydrogens (tertiary/aromatic N) is 1. The molecule has 2 rings (SSSR count). The lowest BCUT2D eigenvalue weighted by Crippen LogP contribution is -2.27. The van der Waals surface area contributed by atoms with Crippen LogP contribution in [0.25, 0.3) is 0 Å². The third-order valence-electron chi connectivity index (χ3n) is 3.51. The summed E-state index contributed by atoms with van der Waals surface area (Å²) in [5, 5.41) is 8.93. The Morgan fingerprint density at radius 1 is 1.26 bits per heavy atom. The van der Waals surface area contributed by atoms with Crippen molar-refractivity contribution in [1.82, 2.24) is 9.71 Å². The number of sulfonamides is 1. The molecule has 0 radical (unpaired) electrons. The number of hydrogen-bond donors (Lipinski definition) is 2. The van der Waals surface area contributed by atoms with Crippen LogP contribution >= 0.6 is 0 Å². The molecule has 23 heavy (non-hydrogen) atoms. The first-order valence-corrected chi connectivity index (χ1v) is 8.53. The quantitative estimate of drug-likeness (QED) is 0.841. The Kier molecular flexibility index (Phi) is 5.12. The smallest absolute Gasteiger partial charge is 0.335 e. The minimum absolute atomic E-state index is 0.0624. The van der Waals surface area contributed by atoms with E-state index in [1.165, 1.54) is 18.2 Å². The second kappa shape index (κ2) is 6.89. The second-order valence-corrected chi connectivity index (χ2v) is 6.92. The fraction of sp³-hybridized carbons (Fsp3) is 0.250. The zero-order valence-electron chi connectivity index (χ0n) is 12.9. The van der Waals surface area contributed by atoms with Gasteiger partial charge in [0.25, 0.3) is 0 Å². The Bertz CT molecular complexity index is 832. The van der Waals surface area contributed by atoms with Gasteiger partial charge in [-0.15, -0.1) is 0 Å². The summed E-state index contributed by atoms with van der Waals surface area (Å²) in [6, 6.07) is 7.67. The molecule has 0 saturated carbocycles. The molecule has 0 atom stereocenters. The van der Waals surface area contributed by atoms with Crippen LogP contribution in [0, 0.1) is 13.8 Å². The molecule has 1 aromatic heterocycles. The molecule has 122 valence electrons. The van der Waals surface area contributed by atoms with E-state index in [9.17, 15) is 13.2 Å². The van der Waals surface area contributed by atoms with Gasteiger partial charge in [-0.25, -0.2) is 17.9 Å². The summed E-state index contributed by atoms with van der Waals surface area (Å²) in [6.07, 6.45) is 2.22. The number of aryl methyl sites for hydroxylation is 2. The van der Waals surface area contributed by atoms with Gasteiger partial charge >= 0.3 is 5.97 Å². The van der Waals surface area contributed by atoms with Crippen molar-refractivity contribution in [2.45, 2.75) is 25.2 Å². The first kappa shape index (κ1) is 17.1. The summed E-state index contributed by atoms with van der Waals surface area (Å²) in [7, 11) is -3.68. The number of nitrogens with one attached hydrogen (secondary N) is 1. The summed E-state index contributed by atoms with van der Waals surface area (Å²) >= 11 is 0. The van der Waals surface area contributed by atoms with Crippen LogP contribution in [-0.4, -0.2) is 31.0 Å². The van der Waals surface area contributed by atoms with Crippen LogP contribution in [-0.2, 0) is 16.4 Å². The van der Waals surface area contributed by atoms with E-state index in [1.807, 2.05) is 19.1 Å². The van der Waals surface area contributed by atoms with Crippen LogP contribution in [0.1, 0.15) is 27.2 Å². The first-order valence-electron chi connectivity index (χ1n) is 7.05. The van der Waals surface area contributed by atoms with Gasteiger partial charge in [-0.3, -0.25) is 4.98 Å². The molecular weight excluding hydrogens is 316 g/mol. The summed E-state index contributed by atoms with van der Waals surface area (Å²) in [5.74, 6) is -1.09. The molecule has 0 fully saturated rings. The predicted molar refractivity (Wildman–Crippen MR) is 86.0 cm³/mol. The molecule has 0 amide bonds. The van der Waals surface area contributed by atoms with Crippen molar-refractivity contribution >= 4 is 16.0 Å². The van der Waals surface area contributed by atoms with E-state index in [2.05, 4.69) is 9.71 Å². The van der Waals surface area contributed by atoms with Crippen molar-refractivity contribution in [2.24, 2.45) is 0 Å². The van der Waals surface area contributed by atoms with Crippen LogP contribution in [0.3, 0.4) is 0 Å². The van der Waals surface area contributed by atoms with Crippen LogP contribution in [0.15, 0.2) is 41.4 Å². The molecule has 0 aliphatic heterocycles. The van der Waals surface area contributed by atoms with Crippen molar-refractivity contribution in [1.29, 1.82) is 0 Å². The number of aromatic nitrogens is 1. The van der Waals surface area contributed by atoms with E-state index in [0.29, 0.717) is 12.0 Å². The molecule has 6 nitrogen and oxygen atoms in total. The van der Waals surface area contributed by atoms with Crippen molar-refractivity contribution in [3.8, 4) is 0 Å². The normalized spacial score (nSPS) is 11.4. The molecule has 2 N–H and O–H groups in total. The van der Waals surface area contributed by atoms with Crippen molar-refractivity contribution in [3.05, 3.63) is 58.9 Å².